The molecule has 1 rings (SSSR count). The minimum atomic E-state index is 0.0480. The summed E-state index contributed by atoms with van der Waals surface area (Å²) in [6.07, 6.45) is 0.0480. The molecule has 2 N–H and O–H groups in total. The van der Waals surface area contributed by atoms with Crippen LogP contribution in [-0.2, 0) is 0 Å². The number of nitrogens with two attached hydrogens (primary N) is 1. The van der Waals surface area contributed by atoms with Crippen molar-refractivity contribution in [2.24, 2.45) is 0 Å². The van der Waals surface area contributed by atoms with Gasteiger partial charge < -0.3 is 15.4 Å². The van der Waals surface area contributed by atoms with E-state index in [4.69, 9.17) is 10.5 Å². The standard InChI is InChI=1S/C9H16N4O/c1-6(2)14-9-11-7(10)5-8(12-9)13(3)4/h5-6H,1-4H3,(H2,10,11,12). The van der Waals surface area contributed by atoms with E-state index in [1.807, 2.05) is 32.8 Å². The van der Waals surface area contributed by atoms with Crippen molar-refractivity contribution in [2.75, 3.05) is 24.7 Å². The van der Waals surface area contributed by atoms with Crippen LogP contribution in [0.3, 0.4) is 0 Å². The molecule has 14 heavy (non-hydrogen) atoms. The molecule has 1 aromatic heterocycles. The molecular formula is C9H16N4O. The summed E-state index contributed by atoms with van der Waals surface area (Å²) in [7, 11) is 3.78. The van der Waals surface area contributed by atoms with Gasteiger partial charge in [-0.2, -0.15) is 9.97 Å². The lowest BCUT2D eigenvalue weighted by Crippen LogP contribution is -2.14. The fourth-order valence-electron chi connectivity index (χ4n) is 0.923. The molecule has 0 aliphatic rings. The summed E-state index contributed by atoms with van der Waals surface area (Å²) in [6, 6.07) is 2.02. The van der Waals surface area contributed by atoms with Crippen LogP contribution < -0.4 is 15.4 Å². The topological polar surface area (TPSA) is 64.3 Å². The summed E-state index contributed by atoms with van der Waals surface area (Å²) in [4.78, 5) is 10.0. The number of nitrogens with zero attached hydrogens (tertiary/aromatic N) is 3. The van der Waals surface area contributed by atoms with Crippen molar-refractivity contribution in [2.45, 2.75) is 20.0 Å². The summed E-state index contributed by atoms with van der Waals surface area (Å²) >= 11 is 0. The van der Waals surface area contributed by atoms with Gasteiger partial charge in [-0.1, -0.05) is 0 Å². The molecule has 78 valence electrons. The Morgan fingerprint density at radius 3 is 2.50 bits per heavy atom. The van der Waals surface area contributed by atoms with Crippen LogP contribution in [0.2, 0.25) is 0 Å². The molecule has 5 heteroatoms. The third-order valence-corrected chi connectivity index (χ3v) is 1.51. The van der Waals surface area contributed by atoms with Gasteiger partial charge in [-0.05, 0) is 13.8 Å². The molecule has 0 atom stereocenters. The number of hydrogen-bond acceptors (Lipinski definition) is 5. The Morgan fingerprint density at radius 2 is 2.00 bits per heavy atom. The van der Waals surface area contributed by atoms with Crippen LogP contribution in [0, 0.1) is 0 Å². The summed E-state index contributed by atoms with van der Waals surface area (Å²) in [5.74, 6) is 1.16. The van der Waals surface area contributed by atoms with E-state index in [2.05, 4.69) is 9.97 Å². The van der Waals surface area contributed by atoms with Gasteiger partial charge in [-0.3, -0.25) is 0 Å². The molecule has 0 saturated carbocycles. The van der Waals surface area contributed by atoms with E-state index in [9.17, 15) is 0 Å². The van der Waals surface area contributed by atoms with Crippen LogP contribution in [0.25, 0.3) is 0 Å². The molecule has 0 bridgehead atoms. The van der Waals surface area contributed by atoms with Crippen LogP contribution in [-0.4, -0.2) is 30.2 Å². The summed E-state index contributed by atoms with van der Waals surface area (Å²) in [5, 5.41) is 0. The molecule has 5 nitrogen and oxygen atoms in total. The van der Waals surface area contributed by atoms with E-state index in [-0.39, 0.29) is 6.10 Å². The predicted octanol–water partition coefficient (Wildman–Crippen LogP) is 0.912. The van der Waals surface area contributed by atoms with E-state index < -0.39 is 0 Å². The summed E-state index contributed by atoms with van der Waals surface area (Å²) < 4.78 is 5.36. The van der Waals surface area contributed by atoms with Crippen LogP contribution in [0.15, 0.2) is 6.07 Å². The minimum absolute atomic E-state index is 0.0480. The normalized spacial score (nSPS) is 10.4. The first kappa shape index (κ1) is 10.6. The fraction of sp³-hybridized carbons (Fsp3) is 0.556. The Kier molecular flexibility index (Phi) is 3.11. The molecule has 0 fully saturated rings. The molecule has 0 radical (unpaired) electrons. The first-order valence-electron chi connectivity index (χ1n) is 4.47. The molecule has 0 aromatic carbocycles. The largest absolute Gasteiger partial charge is 0.461 e. The molecule has 0 aliphatic heterocycles. The zero-order valence-electron chi connectivity index (χ0n) is 8.98. The van der Waals surface area contributed by atoms with Gasteiger partial charge in [0.05, 0.1) is 6.10 Å². The van der Waals surface area contributed by atoms with Gasteiger partial charge in [0.25, 0.3) is 0 Å². The highest BCUT2D eigenvalue weighted by atomic mass is 16.5. The smallest absolute Gasteiger partial charge is 0.320 e. The van der Waals surface area contributed by atoms with Gasteiger partial charge in [-0.15, -0.1) is 0 Å². The van der Waals surface area contributed by atoms with Crippen LogP contribution >= 0.6 is 0 Å². The van der Waals surface area contributed by atoms with E-state index in [1.54, 1.807) is 6.07 Å². The van der Waals surface area contributed by atoms with E-state index >= 15 is 0 Å². The molecule has 0 amide bonds. The Bertz CT molecular complexity index is 312. The number of ether oxygens (including phenoxy) is 1. The van der Waals surface area contributed by atoms with Gasteiger partial charge in [0.1, 0.15) is 11.6 Å². The fourth-order valence-corrected chi connectivity index (χ4v) is 0.923. The first-order valence-corrected chi connectivity index (χ1v) is 4.47. The van der Waals surface area contributed by atoms with Gasteiger partial charge >= 0.3 is 6.01 Å². The molecule has 1 aromatic rings. The van der Waals surface area contributed by atoms with Crippen LogP contribution in [0.5, 0.6) is 6.01 Å². The molecule has 1 heterocycles. The third-order valence-electron chi connectivity index (χ3n) is 1.51. The van der Waals surface area contributed by atoms with Crippen molar-refractivity contribution in [1.29, 1.82) is 0 Å². The average molecular weight is 196 g/mol. The van der Waals surface area contributed by atoms with Crippen LogP contribution in [0.1, 0.15) is 13.8 Å². The van der Waals surface area contributed by atoms with Gasteiger partial charge in [0.15, 0.2) is 0 Å². The predicted molar refractivity (Wildman–Crippen MR) is 56.5 cm³/mol. The second-order valence-corrected chi connectivity index (χ2v) is 3.49. The zero-order chi connectivity index (χ0) is 10.7. The van der Waals surface area contributed by atoms with E-state index in [0.29, 0.717) is 11.8 Å². The van der Waals surface area contributed by atoms with Crippen molar-refractivity contribution in [1.82, 2.24) is 9.97 Å². The lowest BCUT2D eigenvalue weighted by Gasteiger charge is -2.14. The number of hydrogen-bond donors (Lipinski definition) is 1. The van der Waals surface area contributed by atoms with Crippen molar-refractivity contribution in [3.63, 3.8) is 0 Å². The highest BCUT2D eigenvalue weighted by Crippen LogP contribution is 2.15. The maximum absolute atomic E-state index is 5.62. The molecule has 0 spiro atoms. The van der Waals surface area contributed by atoms with Crippen molar-refractivity contribution in [3.8, 4) is 6.01 Å². The number of rotatable bonds is 3. The van der Waals surface area contributed by atoms with E-state index in [1.165, 1.54) is 0 Å². The second-order valence-electron chi connectivity index (χ2n) is 3.49. The number of nitrogen functional groups attached to an aromatic ring is 1. The summed E-state index contributed by atoms with van der Waals surface area (Å²) in [5.41, 5.74) is 5.62. The lowest BCUT2D eigenvalue weighted by molar-refractivity contribution is 0.223. The highest BCUT2D eigenvalue weighted by Gasteiger charge is 2.06. The quantitative estimate of drug-likeness (QED) is 0.778. The monoisotopic (exact) mass is 196 g/mol. The highest BCUT2D eigenvalue weighted by molar-refractivity contribution is 5.46. The second kappa shape index (κ2) is 4.13. The maximum Gasteiger partial charge on any atom is 0.320 e. The van der Waals surface area contributed by atoms with Gasteiger partial charge in [0.2, 0.25) is 0 Å². The Labute approximate surface area is 83.9 Å². The lowest BCUT2D eigenvalue weighted by atomic mass is 10.5. The van der Waals surface area contributed by atoms with Crippen molar-refractivity contribution in [3.05, 3.63) is 6.07 Å². The third kappa shape index (κ3) is 2.76. The van der Waals surface area contributed by atoms with Crippen molar-refractivity contribution >= 4 is 11.6 Å². The van der Waals surface area contributed by atoms with Gasteiger partial charge in [0, 0.05) is 20.2 Å². The Morgan fingerprint density at radius 1 is 1.36 bits per heavy atom. The number of aromatic nitrogens is 2. The molecule has 0 saturated heterocycles. The van der Waals surface area contributed by atoms with E-state index in [0.717, 1.165) is 5.82 Å². The molecule has 0 aliphatic carbocycles. The number of anilines is 2. The minimum Gasteiger partial charge on any atom is -0.461 e. The SMILES string of the molecule is CC(C)Oc1nc(N)cc(N(C)C)n1. The maximum atomic E-state index is 5.62. The molecule has 0 unspecified atom stereocenters. The van der Waals surface area contributed by atoms with Crippen molar-refractivity contribution < 1.29 is 4.74 Å². The van der Waals surface area contributed by atoms with Gasteiger partial charge in [-0.25, -0.2) is 0 Å². The summed E-state index contributed by atoms with van der Waals surface area (Å²) in [6.45, 7) is 3.84. The average Bonchev–Trinajstić information content (AvgIpc) is 2.01. The Balaban J connectivity index is 2.95. The zero-order valence-corrected chi connectivity index (χ0v) is 8.98. The molecular weight excluding hydrogens is 180 g/mol. The van der Waals surface area contributed by atoms with Crippen LogP contribution in [0.4, 0.5) is 11.6 Å². The Hall–Kier alpha value is -1.52. The first-order chi connectivity index (χ1) is 6.49.